The van der Waals surface area contributed by atoms with E-state index in [0.29, 0.717) is 50.1 Å². The highest BCUT2D eigenvalue weighted by Gasteiger charge is 2.21. The average Bonchev–Trinajstić information content (AvgIpc) is 3.40. The van der Waals surface area contributed by atoms with E-state index in [1.54, 1.807) is 22.4 Å². The number of furan rings is 1. The molecule has 3 rings (SSSR count). The summed E-state index contributed by atoms with van der Waals surface area (Å²) in [6, 6.07) is 3.20. The van der Waals surface area contributed by atoms with Gasteiger partial charge in [-0.1, -0.05) is 6.92 Å². The van der Waals surface area contributed by atoms with Crippen molar-refractivity contribution in [3.63, 3.8) is 0 Å². The fourth-order valence-electron chi connectivity index (χ4n) is 2.94. The molecule has 156 valence electrons. The number of nitrogens with zero attached hydrogens (tertiary/aromatic N) is 3. The average molecular weight is 420 g/mol. The zero-order valence-electron chi connectivity index (χ0n) is 16.3. The van der Waals surface area contributed by atoms with Crippen LogP contribution in [0, 0.1) is 0 Å². The Morgan fingerprint density at radius 3 is 2.79 bits per heavy atom. The number of ether oxygens (including phenoxy) is 1. The Kier molecular flexibility index (Phi) is 7.36. The van der Waals surface area contributed by atoms with Crippen molar-refractivity contribution in [3.8, 4) is 0 Å². The maximum Gasteiger partial charge on any atom is 0.290 e. The highest BCUT2D eigenvalue weighted by Crippen LogP contribution is 2.17. The second-order valence-electron chi connectivity index (χ2n) is 6.57. The number of hydrogen-bond donors (Lipinski definition) is 1. The van der Waals surface area contributed by atoms with Gasteiger partial charge in [-0.15, -0.1) is 11.3 Å². The van der Waals surface area contributed by atoms with Crippen molar-refractivity contribution in [3.05, 3.63) is 35.2 Å². The monoisotopic (exact) mass is 420 g/mol. The van der Waals surface area contributed by atoms with Crippen molar-refractivity contribution in [1.82, 2.24) is 14.8 Å². The van der Waals surface area contributed by atoms with E-state index >= 15 is 0 Å². The molecule has 0 aromatic carbocycles. The summed E-state index contributed by atoms with van der Waals surface area (Å²) < 4.78 is 10.4. The zero-order valence-corrected chi connectivity index (χ0v) is 17.1. The topological polar surface area (TPSA) is 105 Å². The molecule has 3 amide bonds. The molecule has 0 spiro atoms. The number of anilines is 1. The molecule has 0 atom stereocenters. The highest BCUT2D eigenvalue weighted by molar-refractivity contribution is 7.13. The second kappa shape index (κ2) is 10.2. The van der Waals surface area contributed by atoms with Gasteiger partial charge < -0.3 is 24.3 Å². The quantitative estimate of drug-likeness (QED) is 0.696. The molecular weight excluding hydrogens is 396 g/mol. The Bertz CT molecular complexity index is 830. The summed E-state index contributed by atoms with van der Waals surface area (Å²) in [5.41, 5.74) is 0.610. The molecule has 0 radical (unpaired) electrons. The standard InChI is InChI=1S/C19H24N4O5S/c1-2-5-23(18(26)15-4-3-8-28-15)12-16(24)21-19-20-14(13-29-19)11-17(25)22-6-9-27-10-7-22/h3-4,8,13H,2,5-7,9-12H2,1H3,(H,20,21,24). The second-order valence-corrected chi connectivity index (χ2v) is 7.42. The number of amides is 3. The van der Waals surface area contributed by atoms with Crippen molar-refractivity contribution in [2.75, 3.05) is 44.7 Å². The lowest BCUT2D eigenvalue weighted by Crippen LogP contribution is -2.41. The molecule has 1 saturated heterocycles. The minimum Gasteiger partial charge on any atom is -0.459 e. The summed E-state index contributed by atoms with van der Waals surface area (Å²) in [7, 11) is 0. The van der Waals surface area contributed by atoms with Crippen LogP contribution in [0.5, 0.6) is 0 Å². The van der Waals surface area contributed by atoms with E-state index in [0.717, 1.165) is 0 Å². The smallest absolute Gasteiger partial charge is 0.290 e. The normalized spacial score (nSPS) is 13.9. The molecule has 10 heteroatoms. The highest BCUT2D eigenvalue weighted by atomic mass is 32.1. The van der Waals surface area contributed by atoms with E-state index in [-0.39, 0.29) is 36.4 Å². The molecular formula is C19H24N4O5S. The molecule has 2 aromatic rings. The molecule has 1 aliphatic heterocycles. The first-order valence-electron chi connectivity index (χ1n) is 9.49. The number of thiazole rings is 1. The summed E-state index contributed by atoms with van der Waals surface area (Å²) in [4.78, 5) is 44.6. The minimum absolute atomic E-state index is 0.00496. The Hall–Kier alpha value is -2.72. The first-order chi connectivity index (χ1) is 14.1. The van der Waals surface area contributed by atoms with E-state index < -0.39 is 0 Å². The van der Waals surface area contributed by atoms with Gasteiger partial charge in [0.15, 0.2) is 10.9 Å². The van der Waals surface area contributed by atoms with Gasteiger partial charge in [-0.05, 0) is 18.6 Å². The number of hydrogen-bond acceptors (Lipinski definition) is 7. The number of aromatic nitrogens is 1. The van der Waals surface area contributed by atoms with Gasteiger partial charge >= 0.3 is 0 Å². The number of carbonyl (C=O) groups excluding carboxylic acids is 3. The van der Waals surface area contributed by atoms with Crippen LogP contribution in [-0.4, -0.2) is 71.9 Å². The summed E-state index contributed by atoms with van der Waals surface area (Å²) in [6.45, 7) is 4.54. The van der Waals surface area contributed by atoms with E-state index in [1.807, 2.05) is 6.92 Å². The molecule has 0 unspecified atom stereocenters. The Balaban J connectivity index is 1.53. The Morgan fingerprint density at radius 1 is 1.31 bits per heavy atom. The minimum atomic E-state index is -0.348. The molecule has 1 N–H and O–H groups in total. The van der Waals surface area contributed by atoms with Gasteiger partial charge in [0.1, 0.15) is 6.54 Å². The molecule has 0 saturated carbocycles. The molecule has 29 heavy (non-hydrogen) atoms. The van der Waals surface area contributed by atoms with E-state index in [4.69, 9.17) is 9.15 Å². The third-order valence-corrected chi connectivity index (χ3v) is 5.15. The first-order valence-corrected chi connectivity index (χ1v) is 10.4. The van der Waals surface area contributed by atoms with Crippen molar-refractivity contribution >= 4 is 34.2 Å². The lowest BCUT2D eigenvalue weighted by molar-refractivity contribution is -0.134. The van der Waals surface area contributed by atoms with Crippen LogP contribution in [0.4, 0.5) is 5.13 Å². The summed E-state index contributed by atoms with van der Waals surface area (Å²) in [6.07, 6.45) is 2.32. The van der Waals surface area contributed by atoms with Crippen LogP contribution in [0.3, 0.4) is 0 Å². The van der Waals surface area contributed by atoms with Gasteiger partial charge in [0, 0.05) is 25.0 Å². The van der Waals surface area contributed by atoms with Gasteiger partial charge in [0.2, 0.25) is 11.8 Å². The van der Waals surface area contributed by atoms with Crippen LogP contribution in [0.25, 0.3) is 0 Å². The summed E-state index contributed by atoms with van der Waals surface area (Å²) >= 11 is 1.25. The maximum atomic E-state index is 12.4. The largest absolute Gasteiger partial charge is 0.459 e. The molecule has 3 heterocycles. The first kappa shape index (κ1) is 21.0. The van der Waals surface area contributed by atoms with Gasteiger partial charge in [-0.3, -0.25) is 14.4 Å². The fraction of sp³-hybridized carbons (Fsp3) is 0.474. The third-order valence-electron chi connectivity index (χ3n) is 4.34. The van der Waals surface area contributed by atoms with Crippen LogP contribution in [0.1, 0.15) is 29.6 Å². The fourth-order valence-corrected chi connectivity index (χ4v) is 3.66. The molecule has 1 fully saturated rings. The van der Waals surface area contributed by atoms with E-state index in [2.05, 4.69) is 10.3 Å². The van der Waals surface area contributed by atoms with Gasteiger partial charge in [-0.2, -0.15) is 0 Å². The van der Waals surface area contributed by atoms with Crippen LogP contribution in [0.2, 0.25) is 0 Å². The Labute approximate surface area is 172 Å². The van der Waals surface area contributed by atoms with Crippen molar-refractivity contribution < 1.29 is 23.5 Å². The Morgan fingerprint density at radius 2 is 2.10 bits per heavy atom. The summed E-state index contributed by atoms with van der Waals surface area (Å²) in [5, 5.41) is 4.86. The molecule has 0 aliphatic carbocycles. The van der Waals surface area contributed by atoms with Gasteiger partial charge in [0.25, 0.3) is 5.91 Å². The lowest BCUT2D eigenvalue weighted by Gasteiger charge is -2.26. The van der Waals surface area contributed by atoms with E-state index in [9.17, 15) is 14.4 Å². The number of nitrogens with one attached hydrogen (secondary N) is 1. The molecule has 9 nitrogen and oxygen atoms in total. The van der Waals surface area contributed by atoms with Gasteiger partial charge in [-0.25, -0.2) is 4.98 Å². The van der Waals surface area contributed by atoms with Crippen LogP contribution >= 0.6 is 11.3 Å². The third kappa shape index (κ3) is 5.88. The van der Waals surface area contributed by atoms with Crippen molar-refractivity contribution in [1.29, 1.82) is 0 Å². The number of carbonyl (C=O) groups is 3. The number of morpholine rings is 1. The predicted octanol–water partition coefficient (Wildman–Crippen LogP) is 1.63. The predicted molar refractivity (Wildman–Crippen MR) is 107 cm³/mol. The molecule has 2 aromatic heterocycles. The van der Waals surface area contributed by atoms with E-state index in [1.165, 1.54) is 22.5 Å². The van der Waals surface area contributed by atoms with Crippen LogP contribution < -0.4 is 5.32 Å². The van der Waals surface area contributed by atoms with Gasteiger partial charge in [0.05, 0.1) is 31.6 Å². The van der Waals surface area contributed by atoms with Crippen LogP contribution in [-0.2, 0) is 20.7 Å². The molecule has 1 aliphatic rings. The molecule has 0 bridgehead atoms. The SMILES string of the molecule is CCCN(CC(=O)Nc1nc(CC(=O)N2CCOCC2)cs1)C(=O)c1ccco1. The van der Waals surface area contributed by atoms with Crippen molar-refractivity contribution in [2.45, 2.75) is 19.8 Å². The van der Waals surface area contributed by atoms with Crippen LogP contribution in [0.15, 0.2) is 28.2 Å². The lowest BCUT2D eigenvalue weighted by atomic mass is 10.3. The zero-order chi connectivity index (χ0) is 20.6. The van der Waals surface area contributed by atoms with Crippen molar-refractivity contribution in [2.24, 2.45) is 0 Å². The summed E-state index contributed by atoms with van der Waals surface area (Å²) in [5.74, 6) is -0.485. The number of rotatable bonds is 8. The maximum absolute atomic E-state index is 12.4.